The van der Waals surface area contributed by atoms with Crippen molar-refractivity contribution in [2.24, 2.45) is 0 Å². The van der Waals surface area contributed by atoms with Gasteiger partial charge in [0.05, 0.1) is 11.0 Å². The molecule has 0 radical (unpaired) electrons. The maximum Gasteiger partial charge on any atom is 0.291 e. The number of hydrogen-bond donors (Lipinski definition) is 1. The molecule has 0 atom stereocenters. The number of carbonyl (C=O) groups excluding carboxylic acids is 1. The second-order valence-corrected chi connectivity index (χ2v) is 5.94. The summed E-state index contributed by atoms with van der Waals surface area (Å²) >= 11 is 0.336. The summed E-state index contributed by atoms with van der Waals surface area (Å²) in [6.45, 7) is 0.256. The maximum absolute atomic E-state index is 12.7. The minimum Gasteiger partial charge on any atom is -0.350 e. The molecule has 0 saturated carbocycles. The van der Waals surface area contributed by atoms with Gasteiger partial charge < -0.3 is 9.88 Å². The number of para-hydroxylation sites is 2. The Kier molecular flexibility index (Phi) is 5.05. The zero-order chi connectivity index (χ0) is 16.9. The van der Waals surface area contributed by atoms with E-state index in [1.165, 1.54) is 4.57 Å². The van der Waals surface area contributed by atoms with Crippen LogP contribution in [0.15, 0.2) is 53.9 Å². The molecule has 0 saturated heterocycles. The molecule has 3 rings (SSSR count). The number of nitrogens with one attached hydrogen (secondary N) is 1. The first-order chi connectivity index (χ1) is 11.6. The topological polar surface area (TPSA) is 59.8 Å². The summed E-state index contributed by atoms with van der Waals surface area (Å²) in [4.78, 5) is 20.3. The standard InChI is InChI=1S/C16H14F2N4OS/c17-15(18)24-16-21-12-5-1-2-6-13(12)22(16)10-14(23)20-9-11-4-3-7-19-8-11/h1-8,15H,9-10H2,(H,20,23). The van der Waals surface area contributed by atoms with Gasteiger partial charge in [-0.25, -0.2) is 4.98 Å². The highest BCUT2D eigenvalue weighted by Gasteiger charge is 2.17. The summed E-state index contributed by atoms with van der Waals surface area (Å²) in [5, 5.41) is 2.89. The molecule has 2 heterocycles. The Bertz CT molecular complexity index is 838. The number of nitrogens with zero attached hydrogens (tertiary/aromatic N) is 3. The van der Waals surface area contributed by atoms with Gasteiger partial charge in [0.25, 0.3) is 5.76 Å². The highest BCUT2D eigenvalue weighted by atomic mass is 32.2. The van der Waals surface area contributed by atoms with E-state index in [0.29, 0.717) is 29.3 Å². The monoisotopic (exact) mass is 348 g/mol. The minimum atomic E-state index is -2.60. The fourth-order valence-corrected chi connectivity index (χ4v) is 2.88. The Labute approximate surface area is 141 Å². The Morgan fingerprint density at radius 3 is 2.83 bits per heavy atom. The van der Waals surface area contributed by atoms with Crippen molar-refractivity contribution in [3.63, 3.8) is 0 Å². The van der Waals surface area contributed by atoms with Gasteiger partial charge in [-0.05, 0) is 35.5 Å². The molecule has 8 heteroatoms. The minimum absolute atomic E-state index is 0.0736. The molecule has 3 aromatic rings. The first kappa shape index (κ1) is 16.4. The van der Waals surface area contributed by atoms with Crippen molar-refractivity contribution >= 4 is 28.7 Å². The van der Waals surface area contributed by atoms with E-state index in [1.807, 2.05) is 6.07 Å². The van der Waals surface area contributed by atoms with Crippen molar-refractivity contribution in [3.8, 4) is 0 Å². The largest absolute Gasteiger partial charge is 0.350 e. The molecule has 0 spiro atoms. The van der Waals surface area contributed by atoms with Crippen LogP contribution in [0.3, 0.4) is 0 Å². The highest BCUT2D eigenvalue weighted by molar-refractivity contribution is 7.99. The Morgan fingerprint density at radius 2 is 2.08 bits per heavy atom. The third-order valence-corrected chi connectivity index (χ3v) is 4.03. The normalized spacial score (nSPS) is 11.1. The van der Waals surface area contributed by atoms with Gasteiger partial charge in [0.1, 0.15) is 6.54 Å². The van der Waals surface area contributed by atoms with Gasteiger partial charge in [-0.2, -0.15) is 8.78 Å². The zero-order valence-corrected chi connectivity index (χ0v) is 13.3. The van der Waals surface area contributed by atoms with Crippen LogP contribution < -0.4 is 5.32 Å². The van der Waals surface area contributed by atoms with Crippen LogP contribution in [0.25, 0.3) is 11.0 Å². The Balaban J connectivity index is 1.76. The van der Waals surface area contributed by atoms with E-state index in [2.05, 4.69) is 15.3 Å². The van der Waals surface area contributed by atoms with Crippen LogP contribution in [0.2, 0.25) is 0 Å². The number of rotatable bonds is 6. The van der Waals surface area contributed by atoms with Crippen molar-refractivity contribution < 1.29 is 13.6 Å². The average Bonchev–Trinajstić information content (AvgIpc) is 2.91. The van der Waals surface area contributed by atoms with E-state index in [9.17, 15) is 13.6 Å². The van der Waals surface area contributed by atoms with Crippen molar-refractivity contribution in [1.82, 2.24) is 19.9 Å². The van der Waals surface area contributed by atoms with Crippen LogP contribution in [0.4, 0.5) is 8.78 Å². The first-order valence-corrected chi connectivity index (χ1v) is 8.07. The SMILES string of the molecule is O=C(Cn1c(SC(F)F)nc2ccccc21)NCc1cccnc1. The highest BCUT2D eigenvalue weighted by Crippen LogP contribution is 2.28. The average molecular weight is 348 g/mol. The number of alkyl halides is 2. The van der Waals surface area contributed by atoms with E-state index >= 15 is 0 Å². The molecule has 24 heavy (non-hydrogen) atoms. The number of fused-ring (bicyclic) bond motifs is 1. The smallest absolute Gasteiger partial charge is 0.291 e. The van der Waals surface area contributed by atoms with Gasteiger partial charge in [0.15, 0.2) is 5.16 Å². The molecule has 0 fully saturated rings. The van der Waals surface area contributed by atoms with E-state index in [1.54, 1.807) is 42.7 Å². The summed E-state index contributed by atoms with van der Waals surface area (Å²) in [5.74, 6) is -2.88. The number of halogens is 2. The summed E-state index contributed by atoms with van der Waals surface area (Å²) in [5.41, 5.74) is 2.10. The second-order valence-electron chi connectivity index (χ2n) is 4.99. The molecule has 0 bridgehead atoms. The van der Waals surface area contributed by atoms with E-state index in [0.717, 1.165) is 5.56 Å². The van der Waals surface area contributed by atoms with Gasteiger partial charge in [-0.3, -0.25) is 9.78 Å². The Hall–Kier alpha value is -2.48. The van der Waals surface area contributed by atoms with Crippen LogP contribution in [-0.2, 0) is 17.9 Å². The molecule has 0 aliphatic rings. The van der Waals surface area contributed by atoms with Crippen molar-refractivity contribution in [2.75, 3.05) is 0 Å². The molecular weight excluding hydrogens is 334 g/mol. The van der Waals surface area contributed by atoms with Crippen LogP contribution in [0, 0.1) is 0 Å². The fraction of sp³-hybridized carbons (Fsp3) is 0.188. The molecule has 2 aromatic heterocycles. The molecule has 0 aliphatic carbocycles. The lowest BCUT2D eigenvalue weighted by atomic mass is 10.3. The van der Waals surface area contributed by atoms with E-state index < -0.39 is 5.76 Å². The second kappa shape index (κ2) is 7.39. The number of aromatic nitrogens is 3. The van der Waals surface area contributed by atoms with Crippen LogP contribution in [0.5, 0.6) is 0 Å². The predicted molar refractivity (Wildman–Crippen MR) is 87.7 cm³/mol. The summed E-state index contributed by atoms with van der Waals surface area (Å²) < 4.78 is 27.0. The molecule has 124 valence electrons. The molecule has 1 N–H and O–H groups in total. The van der Waals surface area contributed by atoms with Crippen molar-refractivity contribution in [2.45, 2.75) is 24.0 Å². The van der Waals surface area contributed by atoms with Crippen LogP contribution >= 0.6 is 11.8 Å². The predicted octanol–water partition coefficient (Wildman–Crippen LogP) is 3.06. The summed E-state index contributed by atoms with van der Waals surface area (Å²) in [6, 6.07) is 10.7. The summed E-state index contributed by atoms with van der Waals surface area (Å²) in [7, 11) is 0. The molecular formula is C16H14F2N4OS. The number of imidazole rings is 1. The van der Waals surface area contributed by atoms with Gasteiger partial charge in [0, 0.05) is 18.9 Å². The van der Waals surface area contributed by atoms with Gasteiger partial charge in [-0.15, -0.1) is 0 Å². The molecule has 1 amide bonds. The third-order valence-electron chi connectivity index (χ3n) is 3.33. The molecule has 0 unspecified atom stereocenters. The zero-order valence-electron chi connectivity index (χ0n) is 12.5. The number of carbonyl (C=O) groups is 1. The van der Waals surface area contributed by atoms with Gasteiger partial charge in [-0.1, -0.05) is 18.2 Å². The quantitative estimate of drug-likeness (QED) is 0.696. The van der Waals surface area contributed by atoms with E-state index in [-0.39, 0.29) is 17.6 Å². The van der Waals surface area contributed by atoms with Crippen molar-refractivity contribution in [3.05, 3.63) is 54.4 Å². The number of pyridine rings is 1. The summed E-state index contributed by atoms with van der Waals surface area (Å²) in [6.07, 6.45) is 3.31. The fourth-order valence-electron chi connectivity index (χ4n) is 2.28. The number of benzene rings is 1. The number of amides is 1. The maximum atomic E-state index is 12.7. The first-order valence-electron chi connectivity index (χ1n) is 7.19. The van der Waals surface area contributed by atoms with Gasteiger partial charge in [0.2, 0.25) is 5.91 Å². The molecule has 5 nitrogen and oxygen atoms in total. The Morgan fingerprint density at radius 1 is 1.25 bits per heavy atom. The number of hydrogen-bond acceptors (Lipinski definition) is 4. The van der Waals surface area contributed by atoms with Crippen molar-refractivity contribution in [1.29, 1.82) is 0 Å². The molecule has 1 aromatic carbocycles. The van der Waals surface area contributed by atoms with Gasteiger partial charge >= 0.3 is 0 Å². The van der Waals surface area contributed by atoms with E-state index in [4.69, 9.17) is 0 Å². The third kappa shape index (κ3) is 3.88. The lowest BCUT2D eigenvalue weighted by Gasteiger charge is -2.09. The van der Waals surface area contributed by atoms with Crippen LogP contribution in [-0.4, -0.2) is 26.2 Å². The number of thioether (sulfide) groups is 1. The van der Waals surface area contributed by atoms with Crippen LogP contribution in [0.1, 0.15) is 5.56 Å². The lowest BCUT2D eigenvalue weighted by Crippen LogP contribution is -2.27. The lowest BCUT2D eigenvalue weighted by molar-refractivity contribution is -0.121. The molecule has 0 aliphatic heterocycles.